The molecule has 0 aliphatic heterocycles. The van der Waals surface area contributed by atoms with Gasteiger partial charge in [0.1, 0.15) is 0 Å². The Bertz CT molecular complexity index is 156. The maximum absolute atomic E-state index is 3.92. The summed E-state index contributed by atoms with van der Waals surface area (Å²) in [6.45, 7) is 9.93. The van der Waals surface area contributed by atoms with Crippen LogP contribution in [0.5, 0.6) is 0 Å². The third kappa shape index (κ3) is 5.11. The molecule has 70 valence electrons. The number of hydrogen-bond donors (Lipinski definition) is 0. The Morgan fingerprint density at radius 2 is 1.83 bits per heavy atom. The molecule has 1 heteroatoms. The van der Waals surface area contributed by atoms with Crippen LogP contribution in [0, 0.1) is 0 Å². The van der Waals surface area contributed by atoms with Crippen molar-refractivity contribution in [3.8, 4) is 0 Å². The second-order valence-corrected chi connectivity index (χ2v) is 3.33. The van der Waals surface area contributed by atoms with E-state index in [-0.39, 0.29) is 0 Å². The molecule has 0 aromatic heterocycles. The second kappa shape index (κ2) is 7.08. The average Bonchev–Trinajstić information content (AvgIpc) is 2.10. The Kier molecular flexibility index (Phi) is 6.73. The highest BCUT2D eigenvalue weighted by atomic mass is 14.7. The third-order valence-corrected chi connectivity index (χ3v) is 2.26. The van der Waals surface area contributed by atoms with Gasteiger partial charge in [-0.05, 0) is 33.4 Å². The van der Waals surface area contributed by atoms with Crippen LogP contribution in [0.3, 0.4) is 0 Å². The zero-order chi connectivity index (χ0) is 9.40. The Balaban J connectivity index is 3.56. The molecule has 0 aliphatic rings. The Labute approximate surface area is 76.6 Å². The SMILES string of the molecule is C=N/C(C)=C(/C)CCCCCC. The van der Waals surface area contributed by atoms with Crippen LogP contribution in [-0.4, -0.2) is 6.72 Å². The Hall–Kier alpha value is -0.590. The van der Waals surface area contributed by atoms with Gasteiger partial charge in [0, 0.05) is 5.70 Å². The molecule has 0 radical (unpaired) electrons. The van der Waals surface area contributed by atoms with Crippen LogP contribution in [-0.2, 0) is 0 Å². The molecular formula is C11H21N. The minimum absolute atomic E-state index is 1.10. The Morgan fingerprint density at radius 3 is 2.33 bits per heavy atom. The summed E-state index contributed by atoms with van der Waals surface area (Å²) in [7, 11) is 0. The fourth-order valence-corrected chi connectivity index (χ4v) is 1.13. The van der Waals surface area contributed by atoms with Gasteiger partial charge in [-0.1, -0.05) is 31.8 Å². The molecule has 0 amide bonds. The van der Waals surface area contributed by atoms with Crippen molar-refractivity contribution in [2.45, 2.75) is 52.9 Å². The third-order valence-electron chi connectivity index (χ3n) is 2.26. The molecule has 0 bridgehead atoms. The summed E-state index contributed by atoms with van der Waals surface area (Å²) in [5.41, 5.74) is 2.49. The lowest BCUT2D eigenvalue weighted by Crippen LogP contribution is -1.83. The van der Waals surface area contributed by atoms with E-state index < -0.39 is 0 Å². The van der Waals surface area contributed by atoms with Crippen molar-refractivity contribution >= 4 is 6.72 Å². The molecule has 0 N–H and O–H groups in total. The molecule has 0 saturated carbocycles. The van der Waals surface area contributed by atoms with Gasteiger partial charge in [-0.2, -0.15) is 0 Å². The van der Waals surface area contributed by atoms with Crippen molar-refractivity contribution in [3.05, 3.63) is 11.3 Å². The van der Waals surface area contributed by atoms with Crippen molar-refractivity contribution < 1.29 is 0 Å². The first-order valence-electron chi connectivity index (χ1n) is 4.85. The highest BCUT2D eigenvalue weighted by Gasteiger charge is 1.94. The van der Waals surface area contributed by atoms with Gasteiger partial charge in [-0.15, -0.1) is 0 Å². The Morgan fingerprint density at radius 1 is 1.17 bits per heavy atom. The number of hydrogen-bond acceptors (Lipinski definition) is 1. The first kappa shape index (κ1) is 11.4. The fraction of sp³-hybridized carbons (Fsp3) is 0.727. The number of unbranched alkanes of at least 4 members (excludes halogenated alkanes) is 3. The van der Waals surface area contributed by atoms with Crippen LogP contribution in [0.15, 0.2) is 16.3 Å². The molecule has 0 spiro atoms. The zero-order valence-electron chi connectivity index (χ0n) is 8.69. The summed E-state index contributed by atoms with van der Waals surface area (Å²) >= 11 is 0. The fourth-order valence-electron chi connectivity index (χ4n) is 1.13. The highest BCUT2D eigenvalue weighted by molar-refractivity contribution is 5.29. The number of aliphatic imine (C=N–C) groups is 1. The summed E-state index contributed by atoms with van der Waals surface area (Å²) in [6, 6.07) is 0. The molecule has 1 nitrogen and oxygen atoms in total. The maximum Gasteiger partial charge on any atom is 0.0354 e. The van der Waals surface area contributed by atoms with E-state index >= 15 is 0 Å². The molecule has 12 heavy (non-hydrogen) atoms. The first-order valence-corrected chi connectivity index (χ1v) is 4.85. The van der Waals surface area contributed by atoms with Crippen LogP contribution >= 0.6 is 0 Å². The molecular weight excluding hydrogens is 146 g/mol. The summed E-state index contributed by atoms with van der Waals surface area (Å²) in [4.78, 5) is 3.92. The molecule has 0 aromatic carbocycles. The van der Waals surface area contributed by atoms with E-state index in [2.05, 4.69) is 25.6 Å². The van der Waals surface area contributed by atoms with E-state index in [0.29, 0.717) is 0 Å². The zero-order valence-corrected chi connectivity index (χ0v) is 8.69. The van der Waals surface area contributed by atoms with Crippen LogP contribution < -0.4 is 0 Å². The molecule has 0 atom stereocenters. The topological polar surface area (TPSA) is 12.4 Å². The molecule has 0 rings (SSSR count). The monoisotopic (exact) mass is 167 g/mol. The standard InChI is InChI=1S/C11H21N/c1-5-6-7-8-9-10(2)11(3)12-4/h4-9H2,1-3H3/b11-10-. The van der Waals surface area contributed by atoms with Crippen molar-refractivity contribution in [1.29, 1.82) is 0 Å². The molecule has 0 saturated heterocycles. The predicted molar refractivity (Wildman–Crippen MR) is 56.7 cm³/mol. The summed E-state index contributed by atoms with van der Waals surface area (Å²) in [5.74, 6) is 0. The van der Waals surface area contributed by atoms with Gasteiger partial charge in [-0.25, -0.2) is 0 Å². The average molecular weight is 167 g/mol. The van der Waals surface area contributed by atoms with Gasteiger partial charge in [-0.3, -0.25) is 4.99 Å². The first-order chi connectivity index (χ1) is 5.72. The van der Waals surface area contributed by atoms with E-state index in [1.807, 2.05) is 6.92 Å². The van der Waals surface area contributed by atoms with Crippen molar-refractivity contribution in [1.82, 2.24) is 0 Å². The predicted octanol–water partition coefficient (Wildman–Crippen LogP) is 3.95. The van der Waals surface area contributed by atoms with E-state index in [4.69, 9.17) is 0 Å². The number of rotatable bonds is 6. The van der Waals surface area contributed by atoms with Gasteiger partial charge in [0.15, 0.2) is 0 Å². The molecule has 0 aromatic rings. The van der Waals surface area contributed by atoms with Crippen LogP contribution in [0.25, 0.3) is 0 Å². The van der Waals surface area contributed by atoms with Crippen molar-refractivity contribution in [3.63, 3.8) is 0 Å². The normalized spacial score (nSPS) is 12.6. The van der Waals surface area contributed by atoms with E-state index in [9.17, 15) is 0 Å². The van der Waals surface area contributed by atoms with Gasteiger partial charge in [0.25, 0.3) is 0 Å². The van der Waals surface area contributed by atoms with Gasteiger partial charge >= 0.3 is 0 Å². The van der Waals surface area contributed by atoms with Crippen molar-refractivity contribution in [2.24, 2.45) is 4.99 Å². The van der Waals surface area contributed by atoms with E-state index in [0.717, 1.165) is 5.70 Å². The maximum atomic E-state index is 3.92. The number of allylic oxidation sites excluding steroid dienone is 2. The van der Waals surface area contributed by atoms with Gasteiger partial charge in [0.2, 0.25) is 0 Å². The lowest BCUT2D eigenvalue weighted by atomic mass is 10.1. The van der Waals surface area contributed by atoms with E-state index in [1.54, 1.807) is 0 Å². The summed E-state index contributed by atoms with van der Waals surface area (Å²) in [6.07, 6.45) is 6.49. The van der Waals surface area contributed by atoms with Crippen LogP contribution in [0.2, 0.25) is 0 Å². The molecule has 0 aliphatic carbocycles. The molecule has 0 unspecified atom stereocenters. The number of nitrogens with zero attached hydrogens (tertiary/aromatic N) is 1. The summed E-state index contributed by atoms with van der Waals surface area (Å²) < 4.78 is 0. The lowest BCUT2D eigenvalue weighted by molar-refractivity contribution is 0.662. The smallest absolute Gasteiger partial charge is 0.0354 e. The van der Waals surface area contributed by atoms with Crippen LogP contribution in [0.1, 0.15) is 52.9 Å². The quantitative estimate of drug-likeness (QED) is 0.419. The second-order valence-electron chi connectivity index (χ2n) is 3.33. The largest absolute Gasteiger partial charge is 0.269 e. The van der Waals surface area contributed by atoms with Crippen molar-refractivity contribution in [2.75, 3.05) is 0 Å². The lowest BCUT2D eigenvalue weighted by Gasteiger charge is -2.02. The summed E-state index contributed by atoms with van der Waals surface area (Å²) in [5, 5.41) is 0. The minimum atomic E-state index is 1.10. The highest BCUT2D eigenvalue weighted by Crippen LogP contribution is 2.13. The molecule has 0 heterocycles. The molecule has 0 fully saturated rings. The minimum Gasteiger partial charge on any atom is -0.269 e. The van der Waals surface area contributed by atoms with Gasteiger partial charge < -0.3 is 0 Å². The van der Waals surface area contributed by atoms with E-state index in [1.165, 1.54) is 37.7 Å². The van der Waals surface area contributed by atoms with Crippen LogP contribution in [0.4, 0.5) is 0 Å². The van der Waals surface area contributed by atoms with Gasteiger partial charge in [0.05, 0.1) is 0 Å².